The van der Waals surface area contributed by atoms with Crippen LogP contribution in [0, 0.1) is 0 Å². The van der Waals surface area contributed by atoms with Gasteiger partial charge in [-0.25, -0.2) is 0 Å². The molecular weight excluding hydrogens is 224 g/mol. The summed E-state index contributed by atoms with van der Waals surface area (Å²) in [7, 11) is 0. The van der Waals surface area contributed by atoms with Gasteiger partial charge >= 0.3 is 0 Å². The number of rotatable bonds is 6. The van der Waals surface area contributed by atoms with E-state index in [2.05, 4.69) is 30.0 Å². The predicted molar refractivity (Wildman–Crippen MR) is 74.7 cm³/mol. The van der Waals surface area contributed by atoms with Gasteiger partial charge in [-0.05, 0) is 57.0 Å². The Morgan fingerprint density at radius 1 is 1.44 bits per heavy atom. The Morgan fingerprint density at radius 3 is 3.06 bits per heavy atom. The predicted octanol–water partition coefficient (Wildman–Crippen LogP) is 2.40. The fraction of sp³-hybridized carbons (Fsp3) is 0.600. The van der Waals surface area contributed by atoms with Gasteiger partial charge in [0, 0.05) is 12.6 Å². The molecule has 1 aromatic rings. The maximum atomic E-state index is 5.68. The van der Waals surface area contributed by atoms with E-state index in [0.29, 0.717) is 19.2 Å². The minimum Gasteiger partial charge on any atom is -0.494 e. The van der Waals surface area contributed by atoms with Crippen molar-refractivity contribution in [1.29, 1.82) is 0 Å². The molecule has 3 heteroatoms. The first-order valence-electron chi connectivity index (χ1n) is 6.95. The minimum atomic E-state index is 0.685. The van der Waals surface area contributed by atoms with E-state index in [-0.39, 0.29) is 0 Å². The van der Waals surface area contributed by atoms with Crippen molar-refractivity contribution in [2.24, 2.45) is 5.73 Å². The fourth-order valence-corrected chi connectivity index (χ4v) is 2.47. The van der Waals surface area contributed by atoms with Gasteiger partial charge in [-0.1, -0.05) is 12.1 Å². The summed E-state index contributed by atoms with van der Waals surface area (Å²) < 4.78 is 5.68. The van der Waals surface area contributed by atoms with Crippen LogP contribution >= 0.6 is 0 Å². The Balaban J connectivity index is 1.90. The number of benzene rings is 1. The summed E-state index contributed by atoms with van der Waals surface area (Å²) in [5.74, 6) is 0.966. The molecule has 0 amide bonds. The molecule has 0 bridgehead atoms. The van der Waals surface area contributed by atoms with Gasteiger partial charge in [-0.3, -0.25) is 4.90 Å². The molecule has 2 N–H and O–H groups in total. The summed E-state index contributed by atoms with van der Waals surface area (Å²) in [5.41, 5.74) is 6.80. The second-order valence-corrected chi connectivity index (χ2v) is 5.10. The van der Waals surface area contributed by atoms with Gasteiger partial charge in [-0.2, -0.15) is 0 Å². The Bertz CT molecular complexity index is 367. The highest BCUT2D eigenvalue weighted by Crippen LogP contribution is 2.21. The number of nitrogens with zero attached hydrogens (tertiary/aromatic N) is 1. The van der Waals surface area contributed by atoms with Gasteiger partial charge in [-0.15, -0.1) is 0 Å². The number of likely N-dealkylation sites (tertiary alicyclic amines) is 1. The lowest BCUT2D eigenvalue weighted by Crippen LogP contribution is -2.26. The van der Waals surface area contributed by atoms with Crippen molar-refractivity contribution >= 4 is 0 Å². The first kappa shape index (κ1) is 13.4. The minimum absolute atomic E-state index is 0.685. The quantitative estimate of drug-likeness (QED) is 0.786. The summed E-state index contributed by atoms with van der Waals surface area (Å²) >= 11 is 0. The zero-order chi connectivity index (χ0) is 12.8. The summed E-state index contributed by atoms with van der Waals surface area (Å²) in [4.78, 5) is 2.54. The van der Waals surface area contributed by atoms with E-state index in [0.717, 1.165) is 18.7 Å². The van der Waals surface area contributed by atoms with Crippen LogP contribution in [0.15, 0.2) is 24.3 Å². The average Bonchev–Trinajstić information content (AvgIpc) is 2.76. The van der Waals surface area contributed by atoms with Crippen molar-refractivity contribution in [3.8, 4) is 5.75 Å². The second kappa shape index (κ2) is 6.76. The van der Waals surface area contributed by atoms with E-state index in [1.54, 1.807) is 0 Å². The van der Waals surface area contributed by atoms with Crippen LogP contribution in [0.2, 0.25) is 0 Å². The molecule has 1 atom stereocenters. The molecule has 1 unspecified atom stereocenters. The molecule has 1 aliphatic rings. The summed E-state index contributed by atoms with van der Waals surface area (Å²) in [5, 5.41) is 0. The number of ether oxygens (including phenoxy) is 1. The zero-order valence-electron chi connectivity index (χ0n) is 11.3. The van der Waals surface area contributed by atoms with Crippen molar-refractivity contribution in [3.05, 3.63) is 29.8 Å². The Morgan fingerprint density at radius 2 is 2.33 bits per heavy atom. The number of hydrogen-bond donors (Lipinski definition) is 1. The Labute approximate surface area is 110 Å². The molecule has 1 aromatic carbocycles. The fourth-order valence-electron chi connectivity index (χ4n) is 2.47. The van der Waals surface area contributed by atoms with Crippen LogP contribution in [0.25, 0.3) is 0 Å². The van der Waals surface area contributed by atoms with Crippen LogP contribution in [-0.2, 0) is 6.54 Å². The summed E-state index contributed by atoms with van der Waals surface area (Å²) in [6.45, 7) is 5.97. The standard InChI is InChI=1S/C15H24N2O/c1-13-5-3-9-17(13)12-14-6-2-7-15(11-14)18-10-4-8-16/h2,6-7,11,13H,3-5,8-10,12,16H2,1H3. The summed E-state index contributed by atoms with van der Waals surface area (Å²) in [6, 6.07) is 9.15. The zero-order valence-corrected chi connectivity index (χ0v) is 11.3. The van der Waals surface area contributed by atoms with Crippen LogP contribution < -0.4 is 10.5 Å². The lowest BCUT2D eigenvalue weighted by molar-refractivity contribution is 0.259. The molecule has 1 fully saturated rings. The Hall–Kier alpha value is -1.06. The van der Waals surface area contributed by atoms with Crippen LogP contribution in [0.4, 0.5) is 0 Å². The lowest BCUT2D eigenvalue weighted by atomic mass is 10.2. The van der Waals surface area contributed by atoms with Gasteiger partial charge in [0.25, 0.3) is 0 Å². The normalized spacial score (nSPS) is 20.2. The molecule has 2 rings (SSSR count). The lowest BCUT2D eigenvalue weighted by Gasteiger charge is -2.21. The van der Waals surface area contributed by atoms with E-state index in [4.69, 9.17) is 10.5 Å². The highest BCUT2D eigenvalue weighted by Gasteiger charge is 2.19. The molecule has 1 saturated heterocycles. The molecule has 0 spiro atoms. The van der Waals surface area contributed by atoms with Crippen molar-refractivity contribution in [2.45, 2.75) is 38.8 Å². The van der Waals surface area contributed by atoms with Gasteiger partial charge < -0.3 is 10.5 Å². The van der Waals surface area contributed by atoms with E-state index in [1.807, 2.05) is 6.07 Å². The second-order valence-electron chi connectivity index (χ2n) is 5.10. The molecule has 18 heavy (non-hydrogen) atoms. The molecule has 1 heterocycles. The van der Waals surface area contributed by atoms with Crippen molar-refractivity contribution < 1.29 is 4.74 Å². The largest absolute Gasteiger partial charge is 0.494 e. The third kappa shape index (κ3) is 3.72. The van der Waals surface area contributed by atoms with Crippen molar-refractivity contribution in [1.82, 2.24) is 4.90 Å². The highest BCUT2D eigenvalue weighted by atomic mass is 16.5. The van der Waals surface area contributed by atoms with Crippen molar-refractivity contribution in [2.75, 3.05) is 19.7 Å². The maximum Gasteiger partial charge on any atom is 0.119 e. The summed E-state index contributed by atoms with van der Waals surface area (Å²) in [6.07, 6.45) is 3.56. The van der Waals surface area contributed by atoms with Gasteiger partial charge in [0.15, 0.2) is 0 Å². The molecule has 0 saturated carbocycles. The average molecular weight is 248 g/mol. The first-order chi connectivity index (χ1) is 8.79. The molecular formula is C15H24N2O. The van der Waals surface area contributed by atoms with Gasteiger partial charge in [0.1, 0.15) is 5.75 Å². The van der Waals surface area contributed by atoms with Crippen LogP contribution in [-0.4, -0.2) is 30.6 Å². The molecule has 0 aliphatic carbocycles. The van der Waals surface area contributed by atoms with E-state index in [9.17, 15) is 0 Å². The van der Waals surface area contributed by atoms with Crippen LogP contribution in [0.5, 0.6) is 5.75 Å². The van der Waals surface area contributed by atoms with E-state index >= 15 is 0 Å². The van der Waals surface area contributed by atoms with Gasteiger partial charge in [0.2, 0.25) is 0 Å². The monoisotopic (exact) mass is 248 g/mol. The van der Waals surface area contributed by atoms with E-state index in [1.165, 1.54) is 24.9 Å². The number of hydrogen-bond acceptors (Lipinski definition) is 3. The number of nitrogens with two attached hydrogens (primary N) is 1. The SMILES string of the molecule is CC1CCCN1Cc1cccc(OCCCN)c1. The maximum absolute atomic E-state index is 5.68. The van der Waals surface area contributed by atoms with Crippen molar-refractivity contribution in [3.63, 3.8) is 0 Å². The van der Waals surface area contributed by atoms with Crippen LogP contribution in [0.3, 0.4) is 0 Å². The third-order valence-electron chi connectivity index (χ3n) is 3.59. The third-order valence-corrected chi connectivity index (χ3v) is 3.59. The van der Waals surface area contributed by atoms with Crippen LogP contribution in [0.1, 0.15) is 31.7 Å². The molecule has 3 nitrogen and oxygen atoms in total. The Kier molecular flexibility index (Phi) is 5.02. The topological polar surface area (TPSA) is 38.5 Å². The molecule has 0 aromatic heterocycles. The molecule has 100 valence electrons. The van der Waals surface area contributed by atoms with Gasteiger partial charge in [0.05, 0.1) is 6.61 Å². The molecule has 0 radical (unpaired) electrons. The molecule has 1 aliphatic heterocycles. The highest BCUT2D eigenvalue weighted by molar-refractivity contribution is 5.28. The first-order valence-corrected chi connectivity index (χ1v) is 6.95. The smallest absolute Gasteiger partial charge is 0.119 e. The van der Waals surface area contributed by atoms with E-state index < -0.39 is 0 Å².